The first-order valence-corrected chi connectivity index (χ1v) is 10.2. The van der Waals surface area contributed by atoms with Crippen molar-refractivity contribution >= 4 is 5.69 Å². The summed E-state index contributed by atoms with van der Waals surface area (Å²) < 4.78 is 18.7. The van der Waals surface area contributed by atoms with Crippen LogP contribution in [-0.2, 0) is 9.47 Å². The minimum atomic E-state index is -0.513. The molecule has 4 heteroatoms. The topological polar surface area (TPSA) is 39.7 Å². The van der Waals surface area contributed by atoms with Crippen molar-refractivity contribution in [1.82, 2.24) is 0 Å². The largest absolute Gasteiger partial charge is 0.485 e. The molecule has 1 aliphatic carbocycles. The minimum Gasteiger partial charge on any atom is -0.485 e. The molecule has 27 heavy (non-hydrogen) atoms. The van der Waals surface area contributed by atoms with Crippen LogP contribution in [0.4, 0.5) is 5.69 Å². The zero-order chi connectivity index (χ0) is 19.3. The molecule has 2 unspecified atom stereocenters. The normalized spacial score (nSPS) is 24.5. The van der Waals surface area contributed by atoms with Crippen LogP contribution in [0.25, 0.3) is 0 Å². The van der Waals surface area contributed by atoms with E-state index in [1.165, 1.54) is 32.1 Å². The molecular weight excluding hydrogens is 338 g/mol. The molecule has 1 aliphatic heterocycles. The Balaban J connectivity index is 1.79. The van der Waals surface area contributed by atoms with Gasteiger partial charge in [0.05, 0.1) is 0 Å². The summed E-state index contributed by atoms with van der Waals surface area (Å²) in [5.74, 6) is 4.24. The second-order valence-corrected chi connectivity index (χ2v) is 8.23. The SMILES string of the molecule is C#CCOC1C(OCCC2CCCCC2)c2cc(NC)ccc2OC1(C)C. The maximum atomic E-state index is 6.46. The summed E-state index contributed by atoms with van der Waals surface area (Å²) in [6.45, 7) is 5.08. The molecule has 3 rings (SSSR count). The van der Waals surface area contributed by atoms with Crippen LogP contribution in [0.3, 0.4) is 0 Å². The van der Waals surface area contributed by atoms with Crippen LogP contribution in [0.5, 0.6) is 5.75 Å². The fourth-order valence-electron chi connectivity index (χ4n) is 4.33. The molecule has 2 aliphatic rings. The molecule has 2 atom stereocenters. The number of hydrogen-bond acceptors (Lipinski definition) is 4. The second kappa shape index (κ2) is 8.99. The lowest BCUT2D eigenvalue weighted by atomic mass is 9.86. The Morgan fingerprint density at radius 2 is 2.00 bits per heavy atom. The lowest BCUT2D eigenvalue weighted by Crippen LogP contribution is -2.51. The van der Waals surface area contributed by atoms with Gasteiger partial charge >= 0.3 is 0 Å². The van der Waals surface area contributed by atoms with E-state index in [4.69, 9.17) is 20.6 Å². The van der Waals surface area contributed by atoms with E-state index >= 15 is 0 Å². The highest BCUT2D eigenvalue weighted by molar-refractivity contribution is 5.53. The van der Waals surface area contributed by atoms with Crippen molar-refractivity contribution < 1.29 is 14.2 Å². The van der Waals surface area contributed by atoms with Gasteiger partial charge in [-0.05, 0) is 44.4 Å². The molecular formula is C23H33NO3. The van der Waals surface area contributed by atoms with Gasteiger partial charge in [-0.25, -0.2) is 0 Å². The zero-order valence-electron chi connectivity index (χ0n) is 16.9. The summed E-state index contributed by atoms with van der Waals surface area (Å²) in [6, 6.07) is 6.14. The molecule has 1 fully saturated rings. The van der Waals surface area contributed by atoms with Gasteiger partial charge in [0.25, 0.3) is 0 Å². The fraction of sp³-hybridized carbons (Fsp3) is 0.652. The third-order valence-corrected chi connectivity index (χ3v) is 5.83. The average molecular weight is 372 g/mol. The summed E-state index contributed by atoms with van der Waals surface area (Å²) in [4.78, 5) is 0. The van der Waals surface area contributed by atoms with Crippen LogP contribution >= 0.6 is 0 Å². The molecule has 1 aromatic rings. The first-order chi connectivity index (χ1) is 13.0. The third-order valence-electron chi connectivity index (χ3n) is 5.83. The van der Waals surface area contributed by atoms with E-state index < -0.39 is 5.60 Å². The van der Waals surface area contributed by atoms with Gasteiger partial charge in [0.2, 0.25) is 0 Å². The van der Waals surface area contributed by atoms with Gasteiger partial charge in [0, 0.05) is 24.9 Å². The van der Waals surface area contributed by atoms with Crippen LogP contribution in [0.1, 0.15) is 64.0 Å². The van der Waals surface area contributed by atoms with Crippen molar-refractivity contribution in [2.24, 2.45) is 5.92 Å². The number of fused-ring (bicyclic) bond motifs is 1. The molecule has 4 nitrogen and oxygen atoms in total. The van der Waals surface area contributed by atoms with Gasteiger partial charge in [-0.1, -0.05) is 38.0 Å². The molecule has 1 heterocycles. The first-order valence-electron chi connectivity index (χ1n) is 10.2. The van der Waals surface area contributed by atoms with E-state index in [0.717, 1.165) is 35.9 Å². The Morgan fingerprint density at radius 1 is 1.22 bits per heavy atom. The first kappa shape index (κ1) is 20.0. The molecule has 1 saturated carbocycles. The average Bonchev–Trinajstić information content (AvgIpc) is 2.67. The van der Waals surface area contributed by atoms with Crippen molar-refractivity contribution in [2.75, 3.05) is 25.6 Å². The van der Waals surface area contributed by atoms with Crippen LogP contribution in [0, 0.1) is 18.3 Å². The highest BCUT2D eigenvalue weighted by Gasteiger charge is 2.45. The van der Waals surface area contributed by atoms with Gasteiger partial charge in [0.1, 0.15) is 30.2 Å². The fourth-order valence-corrected chi connectivity index (χ4v) is 4.33. The van der Waals surface area contributed by atoms with Gasteiger partial charge in [-0.2, -0.15) is 0 Å². The van der Waals surface area contributed by atoms with Crippen LogP contribution in [0.2, 0.25) is 0 Å². The van der Waals surface area contributed by atoms with E-state index in [9.17, 15) is 0 Å². The van der Waals surface area contributed by atoms with E-state index in [1.54, 1.807) is 0 Å². The van der Waals surface area contributed by atoms with E-state index in [1.807, 2.05) is 33.0 Å². The van der Waals surface area contributed by atoms with E-state index in [2.05, 4.69) is 17.3 Å². The smallest absolute Gasteiger partial charge is 0.132 e. The Morgan fingerprint density at radius 3 is 2.70 bits per heavy atom. The lowest BCUT2D eigenvalue weighted by molar-refractivity contribution is -0.157. The number of nitrogens with one attached hydrogen (secondary N) is 1. The zero-order valence-corrected chi connectivity index (χ0v) is 16.9. The van der Waals surface area contributed by atoms with Gasteiger partial charge < -0.3 is 19.5 Å². The Kier molecular flexibility index (Phi) is 6.68. The van der Waals surface area contributed by atoms with E-state index in [-0.39, 0.29) is 18.8 Å². The summed E-state index contributed by atoms with van der Waals surface area (Å²) >= 11 is 0. The Bertz CT molecular complexity index is 658. The van der Waals surface area contributed by atoms with Crippen LogP contribution < -0.4 is 10.1 Å². The molecule has 0 radical (unpaired) electrons. The van der Waals surface area contributed by atoms with Crippen molar-refractivity contribution in [3.63, 3.8) is 0 Å². The van der Waals surface area contributed by atoms with Crippen LogP contribution in [0.15, 0.2) is 18.2 Å². The summed E-state index contributed by atoms with van der Waals surface area (Å²) in [5, 5.41) is 3.20. The molecule has 0 bridgehead atoms. The third kappa shape index (κ3) is 4.78. The summed E-state index contributed by atoms with van der Waals surface area (Å²) in [7, 11) is 1.92. The number of anilines is 1. The Hall–Kier alpha value is -1.70. The molecule has 1 N–H and O–H groups in total. The van der Waals surface area contributed by atoms with Crippen molar-refractivity contribution in [1.29, 1.82) is 0 Å². The molecule has 0 amide bonds. The quantitative estimate of drug-likeness (QED) is 0.689. The standard InChI is InChI=1S/C23H33NO3/c1-5-14-26-22-21(25-15-13-17-9-7-6-8-10-17)19-16-18(24-4)11-12-20(19)27-23(22,2)3/h1,11-12,16-17,21-22,24H,6-10,13-15H2,2-4H3. The number of benzene rings is 1. The minimum absolute atomic E-state index is 0.186. The van der Waals surface area contributed by atoms with Crippen LogP contribution in [-0.4, -0.2) is 32.0 Å². The predicted molar refractivity (Wildman–Crippen MR) is 109 cm³/mol. The van der Waals surface area contributed by atoms with Crippen molar-refractivity contribution in [3.8, 4) is 18.1 Å². The molecule has 148 valence electrons. The van der Waals surface area contributed by atoms with Crippen molar-refractivity contribution in [3.05, 3.63) is 23.8 Å². The summed E-state index contributed by atoms with van der Waals surface area (Å²) in [5.41, 5.74) is 1.56. The van der Waals surface area contributed by atoms with Gasteiger partial charge in [0.15, 0.2) is 0 Å². The maximum absolute atomic E-state index is 6.46. The lowest BCUT2D eigenvalue weighted by Gasteiger charge is -2.44. The van der Waals surface area contributed by atoms with Gasteiger partial charge in [-0.15, -0.1) is 6.42 Å². The van der Waals surface area contributed by atoms with Crippen molar-refractivity contribution in [2.45, 2.75) is 70.2 Å². The number of rotatable bonds is 7. The molecule has 0 spiro atoms. The van der Waals surface area contributed by atoms with E-state index in [0.29, 0.717) is 0 Å². The monoisotopic (exact) mass is 371 g/mol. The second-order valence-electron chi connectivity index (χ2n) is 8.23. The summed E-state index contributed by atoms with van der Waals surface area (Å²) in [6.07, 6.45) is 12.9. The Labute approximate surface area is 164 Å². The van der Waals surface area contributed by atoms with Gasteiger partial charge in [-0.3, -0.25) is 0 Å². The number of hydrogen-bond donors (Lipinski definition) is 1. The molecule has 1 aromatic carbocycles. The molecule has 0 aromatic heterocycles. The number of terminal acetylenes is 1. The predicted octanol–water partition coefficient (Wildman–Crippen LogP) is 4.95. The maximum Gasteiger partial charge on any atom is 0.132 e. The number of ether oxygens (including phenoxy) is 3. The highest BCUT2D eigenvalue weighted by atomic mass is 16.6. The molecule has 0 saturated heterocycles. The highest BCUT2D eigenvalue weighted by Crippen LogP contribution is 2.44.